The third kappa shape index (κ3) is 4.00. The predicted octanol–water partition coefficient (Wildman–Crippen LogP) is 2.38. The van der Waals surface area contributed by atoms with Crippen molar-refractivity contribution >= 4 is 5.97 Å². The molecule has 0 aliphatic carbocycles. The van der Waals surface area contributed by atoms with Gasteiger partial charge in [-0.2, -0.15) is 0 Å². The highest BCUT2D eigenvalue weighted by atomic mass is 16.5. The molecule has 3 heteroatoms. The van der Waals surface area contributed by atoms with Gasteiger partial charge in [-0.25, -0.2) is 4.79 Å². The molecule has 98 valence electrons. The third-order valence-corrected chi connectivity index (χ3v) is 3.17. The molecule has 1 aromatic carbocycles. The van der Waals surface area contributed by atoms with Crippen LogP contribution in [-0.4, -0.2) is 37.2 Å². The second kappa shape index (κ2) is 6.36. The van der Waals surface area contributed by atoms with Gasteiger partial charge in [0.25, 0.3) is 0 Å². The summed E-state index contributed by atoms with van der Waals surface area (Å²) < 4.78 is 5.67. The molecule has 1 rings (SSSR count). The molecule has 1 aromatic rings. The molecule has 0 amide bonds. The summed E-state index contributed by atoms with van der Waals surface area (Å²) in [5.74, 6) is -0.184. The van der Waals surface area contributed by atoms with Crippen molar-refractivity contribution in [3.8, 4) is 0 Å². The Morgan fingerprint density at radius 1 is 1.39 bits per heavy atom. The van der Waals surface area contributed by atoms with Crippen LogP contribution >= 0.6 is 0 Å². The van der Waals surface area contributed by atoms with Crippen LogP contribution in [0.15, 0.2) is 43.0 Å². The molecule has 0 bridgehead atoms. The van der Waals surface area contributed by atoms with Crippen molar-refractivity contribution in [1.29, 1.82) is 0 Å². The third-order valence-electron chi connectivity index (χ3n) is 3.17. The Morgan fingerprint density at radius 3 is 2.56 bits per heavy atom. The summed E-state index contributed by atoms with van der Waals surface area (Å²) >= 11 is 0. The molecule has 0 fully saturated rings. The topological polar surface area (TPSA) is 26.3 Å². The van der Waals surface area contributed by atoms with E-state index in [0.717, 1.165) is 6.54 Å². The average molecular weight is 248 g/mol. The lowest BCUT2D eigenvalue weighted by atomic mass is 10.1. The molecule has 1 atom stereocenters. The summed E-state index contributed by atoms with van der Waals surface area (Å²) in [7, 11) is 4.07. The molecular formula is C15H22NO2+. The van der Waals surface area contributed by atoms with E-state index in [0.29, 0.717) is 4.48 Å². The minimum absolute atomic E-state index is 0.184. The summed E-state index contributed by atoms with van der Waals surface area (Å²) in [4.78, 5) is 11.9. The maximum Gasteiger partial charge on any atom is 0.364 e. The predicted molar refractivity (Wildman–Crippen MR) is 72.9 cm³/mol. The number of carbonyl (C=O) groups is 1. The maximum absolute atomic E-state index is 11.9. The molecule has 0 N–H and O–H groups in total. The zero-order valence-electron chi connectivity index (χ0n) is 11.4. The van der Waals surface area contributed by atoms with Crippen molar-refractivity contribution in [3.63, 3.8) is 0 Å². The van der Waals surface area contributed by atoms with Gasteiger partial charge in [-0.05, 0) is 6.92 Å². The molecule has 18 heavy (non-hydrogen) atoms. The first-order chi connectivity index (χ1) is 8.47. The Hall–Kier alpha value is -1.61. The summed E-state index contributed by atoms with van der Waals surface area (Å²) in [5.41, 5.74) is 1.21. The molecule has 0 heterocycles. The minimum atomic E-state index is -0.204. The largest absolute Gasteiger partial charge is 0.457 e. The lowest BCUT2D eigenvalue weighted by molar-refractivity contribution is -0.917. The quantitative estimate of drug-likeness (QED) is 0.439. The van der Waals surface area contributed by atoms with Crippen LogP contribution in [0.2, 0.25) is 0 Å². The number of carbonyl (C=O) groups excluding carboxylic acids is 1. The number of benzene rings is 1. The van der Waals surface area contributed by atoms with Crippen LogP contribution in [0.5, 0.6) is 0 Å². The highest BCUT2D eigenvalue weighted by molar-refractivity contribution is 5.74. The lowest BCUT2D eigenvalue weighted by Gasteiger charge is -2.34. The van der Waals surface area contributed by atoms with Crippen molar-refractivity contribution in [2.75, 3.05) is 20.7 Å². The Labute approximate surface area is 109 Å². The summed E-state index contributed by atoms with van der Waals surface area (Å²) in [6.07, 6.45) is 1.59. The van der Waals surface area contributed by atoms with Gasteiger partial charge in [0.2, 0.25) is 0 Å². The van der Waals surface area contributed by atoms with Crippen molar-refractivity contribution < 1.29 is 14.0 Å². The van der Waals surface area contributed by atoms with Gasteiger partial charge in [0, 0.05) is 5.56 Å². The summed E-state index contributed by atoms with van der Waals surface area (Å²) in [6.45, 7) is 6.51. The molecule has 0 spiro atoms. The molecule has 0 radical (unpaired) electrons. The van der Waals surface area contributed by atoms with Gasteiger partial charge < -0.3 is 9.22 Å². The van der Waals surface area contributed by atoms with Crippen LogP contribution in [0.1, 0.15) is 12.5 Å². The Morgan fingerprint density at radius 2 is 2.00 bits per heavy atom. The first-order valence-electron chi connectivity index (χ1n) is 6.11. The van der Waals surface area contributed by atoms with Gasteiger partial charge >= 0.3 is 5.97 Å². The Bertz CT molecular complexity index is 398. The average Bonchev–Trinajstić information content (AvgIpc) is 2.35. The van der Waals surface area contributed by atoms with E-state index < -0.39 is 0 Å². The van der Waals surface area contributed by atoms with Crippen molar-refractivity contribution in [1.82, 2.24) is 0 Å². The Balaban J connectivity index is 2.67. The smallest absolute Gasteiger partial charge is 0.364 e. The van der Waals surface area contributed by atoms with Crippen LogP contribution in [0.4, 0.5) is 0 Å². The van der Waals surface area contributed by atoms with Gasteiger partial charge in [-0.1, -0.05) is 43.0 Å². The van der Waals surface area contributed by atoms with E-state index >= 15 is 0 Å². The van der Waals surface area contributed by atoms with Crippen molar-refractivity contribution in [3.05, 3.63) is 48.6 Å². The zero-order valence-corrected chi connectivity index (χ0v) is 11.4. The number of rotatable bonds is 6. The fourth-order valence-corrected chi connectivity index (χ4v) is 1.74. The van der Waals surface area contributed by atoms with Crippen LogP contribution in [0.25, 0.3) is 0 Å². The second-order valence-electron chi connectivity index (χ2n) is 5.02. The molecule has 0 aliphatic rings. The summed E-state index contributed by atoms with van der Waals surface area (Å²) in [5, 5.41) is 0. The number of quaternary nitrogens is 1. The van der Waals surface area contributed by atoms with Gasteiger partial charge in [-0.3, -0.25) is 0 Å². The molecule has 0 saturated heterocycles. The van der Waals surface area contributed by atoms with Crippen molar-refractivity contribution in [2.45, 2.75) is 19.5 Å². The van der Waals surface area contributed by atoms with Gasteiger partial charge in [0.1, 0.15) is 13.2 Å². The second-order valence-corrected chi connectivity index (χ2v) is 5.02. The highest BCUT2D eigenvalue weighted by Crippen LogP contribution is 2.14. The first kappa shape index (κ1) is 14.5. The van der Waals surface area contributed by atoms with E-state index in [1.807, 2.05) is 39.2 Å². The SMILES string of the molecule is C=CCOC(=O)C(C)[N+](C)(C)Cc1ccccc1. The van der Waals surface area contributed by atoms with Crippen LogP contribution < -0.4 is 0 Å². The molecule has 0 aliphatic heterocycles. The number of hydrogen-bond acceptors (Lipinski definition) is 2. The monoisotopic (exact) mass is 248 g/mol. The van der Waals surface area contributed by atoms with E-state index in [2.05, 4.69) is 18.7 Å². The van der Waals surface area contributed by atoms with Crippen LogP contribution in [0.3, 0.4) is 0 Å². The zero-order chi connectivity index (χ0) is 13.6. The number of ether oxygens (including phenoxy) is 1. The Kier molecular flexibility index (Phi) is 5.10. The molecular weight excluding hydrogens is 226 g/mol. The first-order valence-corrected chi connectivity index (χ1v) is 6.11. The normalized spacial score (nSPS) is 12.8. The van der Waals surface area contributed by atoms with Gasteiger partial charge in [0.15, 0.2) is 6.04 Å². The molecule has 0 saturated carbocycles. The van der Waals surface area contributed by atoms with Crippen LogP contribution in [-0.2, 0) is 16.1 Å². The molecule has 0 aromatic heterocycles. The number of esters is 1. The van der Waals surface area contributed by atoms with E-state index in [1.54, 1.807) is 6.08 Å². The van der Waals surface area contributed by atoms with Crippen LogP contribution in [0, 0.1) is 0 Å². The standard InChI is InChI=1S/C15H22NO2/c1-5-11-18-15(17)13(2)16(3,4)12-14-9-7-6-8-10-14/h5-10,13H,1,11-12H2,2-4H3/q+1. The lowest BCUT2D eigenvalue weighted by Crippen LogP contribution is -2.51. The summed E-state index contributed by atoms with van der Waals surface area (Å²) in [6, 6.07) is 9.95. The fraction of sp³-hybridized carbons (Fsp3) is 0.400. The van der Waals surface area contributed by atoms with E-state index in [-0.39, 0.29) is 18.6 Å². The fourth-order valence-electron chi connectivity index (χ4n) is 1.74. The maximum atomic E-state index is 11.9. The number of nitrogens with zero attached hydrogens (tertiary/aromatic N) is 1. The molecule has 1 unspecified atom stereocenters. The molecule has 3 nitrogen and oxygen atoms in total. The minimum Gasteiger partial charge on any atom is -0.457 e. The van der Waals surface area contributed by atoms with E-state index in [1.165, 1.54) is 5.56 Å². The van der Waals surface area contributed by atoms with Gasteiger partial charge in [-0.15, -0.1) is 0 Å². The highest BCUT2D eigenvalue weighted by Gasteiger charge is 2.31. The van der Waals surface area contributed by atoms with Crippen molar-refractivity contribution in [2.24, 2.45) is 0 Å². The van der Waals surface area contributed by atoms with E-state index in [4.69, 9.17) is 4.74 Å². The number of hydrogen-bond donors (Lipinski definition) is 0. The van der Waals surface area contributed by atoms with E-state index in [9.17, 15) is 4.79 Å². The number of likely N-dealkylation sites (N-methyl/N-ethyl adjacent to an activating group) is 1. The van der Waals surface area contributed by atoms with Gasteiger partial charge in [0.05, 0.1) is 14.1 Å².